The van der Waals surface area contributed by atoms with Gasteiger partial charge in [0.1, 0.15) is 5.69 Å². The minimum absolute atomic E-state index is 0.0945. The van der Waals surface area contributed by atoms with Gasteiger partial charge in [0.2, 0.25) is 0 Å². The van der Waals surface area contributed by atoms with Crippen LogP contribution in [0, 0.1) is 17.0 Å². The molecule has 3 aromatic rings. The standard InChI is InChI=1S/C21H18N4O4/c1-14-5-4-6-15(13-14)20(26)22-16-9-11-17(12-10-16)23-21(27)24-18-7-2-3-8-19(18)25(28)29/h2-13H,1H3,(H,22,26)(H2,23,24,27). The smallest absolute Gasteiger partial charge is 0.322 e. The molecule has 8 nitrogen and oxygen atoms in total. The van der Waals surface area contributed by atoms with Gasteiger partial charge < -0.3 is 16.0 Å². The number of anilines is 3. The molecular weight excluding hydrogens is 372 g/mol. The van der Waals surface area contributed by atoms with Crippen molar-refractivity contribution in [1.29, 1.82) is 0 Å². The third-order valence-corrected chi connectivity index (χ3v) is 4.03. The summed E-state index contributed by atoms with van der Waals surface area (Å²) in [6, 6.07) is 19.0. The molecule has 146 valence electrons. The summed E-state index contributed by atoms with van der Waals surface area (Å²) in [6.45, 7) is 1.91. The second kappa shape index (κ2) is 8.66. The van der Waals surface area contributed by atoms with Gasteiger partial charge in [-0.05, 0) is 49.4 Å². The van der Waals surface area contributed by atoms with E-state index in [1.165, 1.54) is 18.2 Å². The summed E-state index contributed by atoms with van der Waals surface area (Å²) >= 11 is 0. The lowest BCUT2D eigenvalue weighted by molar-refractivity contribution is -0.383. The second-order valence-electron chi connectivity index (χ2n) is 6.25. The van der Waals surface area contributed by atoms with Crippen molar-refractivity contribution < 1.29 is 14.5 Å². The first-order valence-corrected chi connectivity index (χ1v) is 8.72. The van der Waals surface area contributed by atoms with E-state index >= 15 is 0 Å². The maximum Gasteiger partial charge on any atom is 0.323 e. The molecule has 0 unspecified atom stereocenters. The summed E-state index contributed by atoms with van der Waals surface area (Å²) in [5, 5.41) is 18.8. The molecule has 0 aromatic heterocycles. The molecule has 0 bridgehead atoms. The highest BCUT2D eigenvalue weighted by molar-refractivity contribution is 6.05. The summed E-state index contributed by atoms with van der Waals surface area (Å²) in [5.74, 6) is -0.233. The predicted molar refractivity (Wildman–Crippen MR) is 111 cm³/mol. The SMILES string of the molecule is Cc1cccc(C(=O)Nc2ccc(NC(=O)Nc3ccccc3[N+](=O)[O-])cc2)c1. The van der Waals surface area contributed by atoms with Gasteiger partial charge in [-0.3, -0.25) is 14.9 Å². The van der Waals surface area contributed by atoms with Crippen molar-refractivity contribution in [2.24, 2.45) is 0 Å². The Labute approximate surface area is 166 Å². The van der Waals surface area contributed by atoms with Crippen LogP contribution in [-0.4, -0.2) is 16.9 Å². The number of para-hydroxylation sites is 2. The molecule has 0 saturated carbocycles. The summed E-state index contributed by atoms with van der Waals surface area (Å²) in [5.41, 5.74) is 2.47. The lowest BCUT2D eigenvalue weighted by atomic mass is 10.1. The van der Waals surface area contributed by atoms with Gasteiger partial charge in [0.05, 0.1) is 4.92 Å². The Morgan fingerprint density at radius 3 is 2.14 bits per heavy atom. The lowest BCUT2D eigenvalue weighted by Gasteiger charge is -2.09. The Morgan fingerprint density at radius 2 is 1.48 bits per heavy atom. The highest BCUT2D eigenvalue weighted by Gasteiger charge is 2.14. The molecule has 3 N–H and O–H groups in total. The molecule has 0 spiro atoms. The highest BCUT2D eigenvalue weighted by atomic mass is 16.6. The fourth-order valence-electron chi connectivity index (χ4n) is 2.65. The van der Waals surface area contributed by atoms with Crippen LogP contribution in [0.15, 0.2) is 72.8 Å². The number of nitrogens with zero attached hydrogens (tertiary/aromatic N) is 1. The van der Waals surface area contributed by atoms with E-state index in [1.54, 1.807) is 42.5 Å². The molecule has 0 radical (unpaired) electrons. The molecule has 3 aromatic carbocycles. The van der Waals surface area contributed by atoms with E-state index in [4.69, 9.17) is 0 Å². The topological polar surface area (TPSA) is 113 Å². The number of amides is 3. The Morgan fingerprint density at radius 1 is 0.828 bits per heavy atom. The molecule has 0 saturated heterocycles. The summed E-state index contributed by atoms with van der Waals surface area (Å²) in [6.07, 6.45) is 0. The fourth-order valence-corrected chi connectivity index (χ4v) is 2.65. The van der Waals surface area contributed by atoms with Crippen molar-refractivity contribution in [1.82, 2.24) is 0 Å². The minimum Gasteiger partial charge on any atom is -0.322 e. The fraction of sp³-hybridized carbons (Fsp3) is 0.0476. The number of benzene rings is 3. The van der Waals surface area contributed by atoms with Crippen molar-refractivity contribution in [2.75, 3.05) is 16.0 Å². The molecule has 3 rings (SSSR count). The van der Waals surface area contributed by atoms with Gasteiger partial charge in [0, 0.05) is 23.0 Å². The average molecular weight is 390 g/mol. The first-order valence-electron chi connectivity index (χ1n) is 8.72. The number of nitro groups is 1. The van der Waals surface area contributed by atoms with E-state index in [9.17, 15) is 19.7 Å². The van der Waals surface area contributed by atoms with E-state index in [1.807, 2.05) is 19.1 Å². The molecule has 3 amide bonds. The van der Waals surface area contributed by atoms with Crippen LogP contribution in [0.1, 0.15) is 15.9 Å². The summed E-state index contributed by atoms with van der Waals surface area (Å²) < 4.78 is 0. The number of rotatable bonds is 5. The zero-order valence-electron chi connectivity index (χ0n) is 15.5. The van der Waals surface area contributed by atoms with E-state index < -0.39 is 11.0 Å². The number of hydrogen-bond donors (Lipinski definition) is 3. The van der Waals surface area contributed by atoms with E-state index in [2.05, 4.69) is 16.0 Å². The number of nitro benzene ring substituents is 1. The molecule has 0 aliphatic carbocycles. The van der Waals surface area contributed by atoms with Crippen molar-refractivity contribution in [2.45, 2.75) is 6.92 Å². The number of aryl methyl sites for hydroxylation is 1. The Hall–Kier alpha value is -4.20. The Bertz CT molecular complexity index is 1060. The normalized spacial score (nSPS) is 10.1. The van der Waals surface area contributed by atoms with Gasteiger partial charge in [-0.2, -0.15) is 0 Å². The number of carbonyl (C=O) groups excluding carboxylic acids is 2. The predicted octanol–water partition coefficient (Wildman–Crippen LogP) is 4.80. The maximum atomic E-state index is 12.3. The zero-order valence-corrected chi connectivity index (χ0v) is 15.5. The van der Waals surface area contributed by atoms with E-state index in [0.717, 1.165) is 5.56 Å². The van der Waals surface area contributed by atoms with Crippen molar-refractivity contribution in [3.63, 3.8) is 0 Å². The third kappa shape index (κ3) is 5.16. The minimum atomic E-state index is -0.615. The first-order chi connectivity index (χ1) is 13.9. The highest BCUT2D eigenvalue weighted by Crippen LogP contribution is 2.23. The molecule has 0 atom stereocenters. The van der Waals surface area contributed by atoms with Crippen molar-refractivity contribution in [3.05, 3.63) is 94.0 Å². The van der Waals surface area contributed by atoms with Crippen LogP contribution in [0.4, 0.5) is 27.5 Å². The van der Waals surface area contributed by atoms with Crippen LogP contribution >= 0.6 is 0 Å². The van der Waals surface area contributed by atoms with Gasteiger partial charge in [-0.25, -0.2) is 4.79 Å². The van der Waals surface area contributed by atoms with Crippen LogP contribution in [0.2, 0.25) is 0 Å². The van der Waals surface area contributed by atoms with Crippen molar-refractivity contribution in [3.8, 4) is 0 Å². The van der Waals surface area contributed by atoms with Gasteiger partial charge in [0.15, 0.2) is 0 Å². The zero-order chi connectivity index (χ0) is 20.8. The number of nitrogens with one attached hydrogen (secondary N) is 3. The van der Waals surface area contributed by atoms with Crippen LogP contribution in [0.3, 0.4) is 0 Å². The molecule has 0 heterocycles. The summed E-state index contributed by atoms with van der Waals surface area (Å²) in [7, 11) is 0. The maximum absolute atomic E-state index is 12.3. The van der Waals surface area contributed by atoms with Crippen molar-refractivity contribution >= 4 is 34.7 Å². The number of carbonyl (C=O) groups is 2. The molecule has 0 aliphatic heterocycles. The van der Waals surface area contributed by atoms with Gasteiger partial charge >= 0.3 is 6.03 Å². The van der Waals surface area contributed by atoms with Gasteiger partial charge in [-0.15, -0.1) is 0 Å². The van der Waals surface area contributed by atoms with Crippen LogP contribution in [0.5, 0.6) is 0 Å². The molecule has 0 fully saturated rings. The lowest BCUT2D eigenvalue weighted by Crippen LogP contribution is -2.20. The monoisotopic (exact) mass is 390 g/mol. The van der Waals surface area contributed by atoms with Crippen LogP contribution in [-0.2, 0) is 0 Å². The average Bonchev–Trinajstić information content (AvgIpc) is 2.69. The van der Waals surface area contributed by atoms with Gasteiger partial charge in [-0.1, -0.05) is 29.8 Å². The van der Waals surface area contributed by atoms with E-state index in [0.29, 0.717) is 16.9 Å². The van der Waals surface area contributed by atoms with E-state index in [-0.39, 0.29) is 17.3 Å². The second-order valence-corrected chi connectivity index (χ2v) is 6.25. The quantitative estimate of drug-likeness (QED) is 0.429. The molecule has 8 heteroatoms. The molecular formula is C21H18N4O4. The molecule has 29 heavy (non-hydrogen) atoms. The first kappa shape index (κ1) is 19.6. The largest absolute Gasteiger partial charge is 0.323 e. The third-order valence-electron chi connectivity index (χ3n) is 4.03. The van der Waals surface area contributed by atoms with Gasteiger partial charge in [0.25, 0.3) is 11.6 Å². The number of hydrogen-bond acceptors (Lipinski definition) is 4. The number of urea groups is 1. The Balaban J connectivity index is 1.61. The summed E-state index contributed by atoms with van der Waals surface area (Å²) in [4.78, 5) is 34.8. The Kier molecular flexibility index (Phi) is 5.84. The van der Waals surface area contributed by atoms with Crippen LogP contribution < -0.4 is 16.0 Å². The van der Waals surface area contributed by atoms with Crippen LogP contribution in [0.25, 0.3) is 0 Å². The molecule has 0 aliphatic rings.